The van der Waals surface area contributed by atoms with Crippen molar-refractivity contribution in [1.29, 1.82) is 0 Å². The second-order valence-electron chi connectivity index (χ2n) is 5.49. The Bertz CT molecular complexity index is 847. The molecular formula is C18H16BrClN2O2S. The summed E-state index contributed by atoms with van der Waals surface area (Å²) in [5.41, 5.74) is 1.75. The molecule has 1 fully saturated rings. The van der Waals surface area contributed by atoms with Gasteiger partial charge in [-0.25, -0.2) is 4.99 Å². The first kappa shape index (κ1) is 18.3. The van der Waals surface area contributed by atoms with Gasteiger partial charge < -0.3 is 4.42 Å². The number of aliphatic imine (C=N–C) groups is 1. The molecule has 0 aliphatic carbocycles. The van der Waals surface area contributed by atoms with E-state index in [9.17, 15) is 4.79 Å². The average Bonchev–Trinajstić information content (AvgIpc) is 3.02. The molecular weight excluding hydrogens is 424 g/mol. The number of nitrogens with zero attached hydrogens (tertiary/aromatic N) is 2. The summed E-state index contributed by atoms with van der Waals surface area (Å²) in [6, 6.07) is 9.23. The van der Waals surface area contributed by atoms with Crippen molar-refractivity contribution in [2.75, 3.05) is 12.3 Å². The largest absolute Gasteiger partial charge is 0.450 e. The first-order valence-corrected chi connectivity index (χ1v) is 9.91. The number of benzene rings is 1. The van der Waals surface area contributed by atoms with Crippen LogP contribution in [0.3, 0.4) is 0 Å². The maximum absolute atomic E-state index is 12.6. The van der Waals surface area contributed by atoms with Crippen molar-refractivity contribution in [3.63, 3.8) is 0 Å². The van der Waals surface area contributed by atoms with E-state index in [-0.39, 0.29) is 5.91 Å². The summed E-state index contributed by atoms with van der Waals surface area (Å²) >= 11 is 11.0. The molecule has 1 aromatic heterocycles. The summed E-state index contributed by atoms with van der Waals surface area (Å²) in [4.78, 5) is 18.9. The second kappa shape index (κ2) is 8.25. The zero-order valence-electron chi connectivity index (χ0n) is 13.5. The number of thioether (sulfide) groups is 1. The van der Waals surface area contributed by atoms with Crippen LogP contribution in [-0.2, 0) is 4.79 Å². The van der Waals surface area contributed by atoms with E-state index in [0.29, 0.717) is 27.2 Å². The van der Waals surface area contributed by atoms with Crippen molar-refractivity contribution in [3.05, 3.63) is 57.4 Å². The molecule has 1 aliphatic heterocycles. The molecule has 0 N–H and O–H groups in total. The van der Waals surface area contributed by atoms with Crippen LogP contribution in [0.25, 0.3) is 6.08 Å². The van der Waals surface area contributed by atoms with Gasteiger partial charge in [-0.3, -0.25) is 9.69 Å². The Balaban J connectivity index is 1.80. The van der Waals surface area contributed by atoms with Gasteiger partial charge in [0.15, 0.2) is 9.84 Å². The molecule has 4 nitrogen and oxygen atoms in total. The van der Waals surface area contributed by atoms with Gasteiger partial charge in [0.05, 0.1) is 5.69 Å². The van der Waals surface area contributed by atoms with Crippen LogP contribution in [-0.4, -0.2) is 28.3 Å². The predicted molar refractivity (Wildman–Crippen MR) is 108 cm³/mol. The average molecular weight is 440 g/mol. The molecule has 0 spiro atoms. The van der Waals surface area contributed by atoms with E-state index in [0.717, 1.165) is 23.4 Å². The molecule has 0 unspecified atom stereocenters. The van der Waals surface area contributed by atoms with Crippen LogP contribution >= 0.6 is 39.3 Å². The third kappa shape index (κ3) is 4.77. The third-order valence-corrected chi connectivity index (χ3v) is 5.51. The molecule has 1 amide bonds. The number of carbonyl (C=O) groups is 1. The van der Waals surface area contributed by atoms with Crippen LogP contribution in [0.4, 0.5) is 5.69 Å². The maximum Gasteiger partial charge on any atom is 0.252 e. The summed E-state index contributed by atoms with van der Waals surface area (Å²) in [7, 11) is 0. The van der Waals surface area contributed by atoms with Gasteiger partial charge in [0.25, 0.3) is 5.91 Å². The van der Waals surface area contributed by atoms with Gasteiger partial charge in [0.2, 0.25) is 0 Å². The molecule has 25 heavy (non-hydrogen) atoms. The lowest BCUT2D eigenvalue weighted by Gasteiger charge is -2.26. The fourth-order valence-electron chi connectivity index (χ4n) is 2.28. The minimum atomic E-state index is -0.114. The summed E-state index contributed by atoms with van der Waals surface area (Å²) in [5, 5.41) is 1.37. The first-order chi connectivity index (χ1) is 12.0. The van der Waals surface area contributed by atoms with E-state index in [1.54, 1.807) is 34.9 Å². The van der Waals surface area contributed by atoms with Crippen molar-refractivity contribution >= 4 is 62.1 Å². The molecule has 130 valence electrons. The quantitative estimate of drug-likeness (QED) is 0.579. The van der Waals surface area contributed by atoms with Gasteiger partial charge >= 0.3 is 0 Å². The van der Waals surface area contributed by atoms with Gasteiger partial charge in [0.1, 0.15) is 5.76 Å². The van der Waals surface area contributed by atoms with Crippen LogP contribution in [0.1, 0.15) is 17.7 Å². The van der Waals surface area contributed by atoms with Crippen molar-refractivity contribution in [2.24, 2.45) is 4.99 Å². The van der Waals surface area contributed by atoms with Gasteiger partial charge in [-0.2, -0.15) is 0 Å². The lowest BCUT2D eigenvalue weighted by molar-refractivity contribution is -0.122. The maximum atomic E-state index is 12.6. The number of rotatable bonds is 3. The predicted octanol–water partition coefficient (Wildman–Crippen LogP) is 5.67. The second-order valence-corrected chi connectivity index (χ2v) is 7.75. The van der Waals surface area contributed by atoms with Gasteiger partial charge in [-0.05, 0) is 65.2 Å². The van der Waals surface area contributed by atoms with E-state index >= 15 is 0 Å². The van der Waals surface area contributed by atoms with Crippen molar-refractivity contribution < 1.29 is 9.21 Å². The van der Waals surface area contributed by atoms with Crippen LogP contribution in [0.5, 0.6) is 0 Å². The summed E-state index contributed by atoms with van der Waals surface area (Å²) < 4.78 is 6.01. The highest BCUT2D eigenvalue weighted by Crippen LogP contribution is 2.26. The van der Waals surface area contributed by atoms with Gasteiger partial charge in [-0.15, -0.1) is 0 Å². The highest BCUT2D eigenvalue weighted by atomic mass is 79.9. The molecule has 3 rings (SSSR count). The minimum Gasteiger partial charge on any atom is -0.450 e. The molecule has 7 heteroatoms. The fraction of sp³-hybridized carbons (Fsp3) is 0.222. The molecule has 1 aliphatic rings. The summed E-state index contributed by atoms with van der Waals surface area (Å²) in [5.74, 6) is 1.45. The molecule has 0 atom stereocenters. The van der Waals surface area contributed by atoms with E-state index in [1.807, 2.05) is 25.1 Å². The first-order valence-electron chi connectivity index (χ1n) is 7.75. The molecule has 2 aromatic rings. The van der Waals surface area contributed by atoms with E-state index < -0.39 is 0 Å². The number of hydrogen-bond donors (Lipinski definition) is 0. The smallest absolute Gasteiger partial charge is 0.252 e. The minimum absolute atomic E-state index is 0.114. The highest BCUT2D eigenvalue weighted by Gasteiger charge is 2.22. The number of carbonyl (C=O) groups excluding carboxylic acids is 1. The lowest BCUT2D eigenvalue weighted by Crippen LogP contribution is -2.38. The Labute approximate surface area is 164 Å². The Morgan fingerprint density at radius 1 is 1.40 bits per heavy atom. The van der Waals surface area contributed by atoms with Crippen LogP contribution in [0, 0.1) is 6.92 Å². The number of furan rings is 1. The standard InChI is InChI=1S/C18H16BrClN2O2S/c1-12-3-4-13(11-15(12)20)21-18-22(9-2-10-25-18)17(23)8-6-14-5-7-16(19)24-14/h3-8,11H,2,9-10H2,1H3. The summed E-state index contributed by atoms with van der Waals surface area (Å²) in [6.07, 6.45) is 4.10. The molecule has 1 saturated heterocycles. The lowest BCUT2D eigenvalue weighted by atomic mass is 10.2. The van der Waals surface area contributed by atoms with Crippen LogP contribution < -0.4 is 0 Å². The van der Waals surface area contributed by atoms with Crippen molar-refractivity contribution in [3.8, 4) is 0 Å². The molecule has 2 heterocycles. The Morgan fingerprint density at radius 2 is 2.24 bits per heavy atom. The molecule has 0 saturated carbocycles. The SMILES string of the molecule is Cc1ccc(N=C2SCCCN2C(=O)C=Cc2ccc(Br)o2)cc1Cl. The number of halogens is 2. The van der Waals surface area contributed by atoms with Gasteiger partial charge in [0, 0.05) is 23.4 Å². The number of amides is 1. The monoisotopic (exact) mass is 438 g/mol. The molecule has 1 aromatic carbocycles. The third-order valence-electron chi connectivity index (χ3n) is 3.62. The van der Waals surface area contributed by atoms with E-state index in [4.69, 9.17) is 16.0 Å². The normalized spacial score (nSPS) is 16.8. The number of hydrogen-bond acceptors (Lipinski definition) is 4. The number of amidine groups is 1. The molecule has 0 radical (unpaired) electrons. The summed E-state index contributed by atoms with van der Waals surface area (Å²) in [6.45, 7) is 2.60. The topological polar surface area (TPSA) is 45.8 Å². The molecule has 0 bridgehead atoms. The Hall–Kier alpha value is -1.50. The van der Waals surface area contributed by atoms with Gasteiger partial charge in [-0.1, -0.05) is 29.4 Å². The van der Waals surface area contributed by atoms with E-state index in [2.05, 4.69) is 20.9 Å². The van der Waals surface area contributed by atoms with Crippen molar-refractivity contribution in [1.82, 2.24) is 4.90 Å². The fourth-order valence-corrected chi connectivity index (χ4v) is 3.74. The van der Waals surface area contributed by atoms with Crippen molar-refractivity contribution in [2.45, 2.75) is 13.3 Å². The Kier molecular flexibility index (Phi) is 6.04. The zero-order valence-corrected chi connectivity index (χ0v) is 16.7. The Morgan fingerprint density at radius 3 is 2.96 bits per heavy atom. The van der Waals surface area contributed by atoms with Crippen LogP contribution in [0.2, 0.25) is 5.02 Å². The van der Waals surface area contributed by atoms with E-state index in [1.165, 1.54) is 6.08 Å². The number of aryl methyl sites for hydroxylation is 1. The zero-order chi connectivity index (χ0) is 17.8. The highest BCUT2D eigenvalue weighted by molar-refractivity contribution is 9.10. The van der Waals surface area contributed by atoms with Crippen LogP contribution in [0.15, 0.2) is 50.5 Å².